The molecular weight excluding hydrogens is 444 g/mol. The van der Waals surface area contributed by atoms with Gasteiger partial charge < -0.3 is 20.5 Å². The number of carbonyl (C=O) groups is 2. The van der Waals surface area contributed by atoms with Gasteiger partial charge in [0.2, 0.25) is 5.91 Å². The van der Waals surface area contributed by atoms with Crippen molar-refractivity contribution in [2.45, 2.75) is 52.0 Å². The van der Waals surface area contributed by atoms with Crippen LogP contribution in [-0.4, -0.2) is 33.9 Å². The van der Waals surface area contributed by atoms with E-state index in [0.29, 0.717) is 23.5 Å². The molecule has 4 rings (SSSR count). The number of anilines is 1. The molecule has 0 radical (unpaired) electrons. The Morgan fingerprint density at radius 1 is 1.11 bits per heavy atom. The summed E-state index contributed by atoms with van der Waals surface area (Å²) >= 11 is 0. The summed E-state index contributed by atoms with van der Waals surface area (Å²) in [6.45, 7) is 3.97. The van der Waals surface area contributed by atoms with Crippen LogP contribution in [0.1, 0.15) is 56.7 Å². The summed E-state index contributed by atoms with van der Waals surface area (Å²) in [7, 11) is 1.61. The topological polar surface area (TPSA) is 105 Å². The number of benzene rings is 2. The molecular formula is C27H32N4O4. The van der Waals surface area contributed by atoms with Crippen LogP contribution in [0.5, 0.6) is 11.5 Å². The molecule has 2 amide bonds. The Labute approximate surface area is 205 Å². The van der Waals surface area contributed by atoms with Crippen molar-refractivity contribution in [2.75, 3.05) is 12.4 Å². The zero-order valence-electron chi connectivity index (χ0n) is 20.4. The van der Waals surface area contributed by atoms with E-state index in [4.69, 9.17) is 4.74 Å². The van der Waals surface area contributed by atoms with Crippen LogP contribution in [0.3, 0.4) is 0 Å². The molecule has 184 valence electrons. The van der Waals surface area contributed by atoms with Crippen LogP contribution < -0.4 is 15.4 Å². The van der Waals surface area contributed by atoms with Crippen LogP contribution in [0, 0.1) is 5.92 Å². The number of carbonyl (C=O) groups excluding carboxylic acids is 2. The Morgan fingerprint density at radius 2 is 1.83 bits per heavy atom. The highest BCUT2D eigenvalue weighted by molar-refractivity contribution is 5.92. The second kappa shape index (κ2) is 10.6. The Balaban J connectivity index is 1.57. The number of methoxy groups -OCH3 is 1. The van der Waals surface area contributed by atoms with E-state index < -0.39 is 0 Å². The van der Waals surface area contributed by atoms with E-state index in [1.165, 1.54) is 10.7 Å². The monoisotopic (exact) mass is 476 g/mol. The predicted octanol–water partition coefficient (Wildman–Crippen LogP) is 5.27. The zero-order chi connectivity index (χ0) is 24.9. The van der Waals surface area contributed by atoms with E-state index >= 15 is 0 Å². The van der Waals surface area contributed by atoms with Gasteiger partial charge in [-0.2, -0.15) is 9.78 Å². The van der Waals surface area contributed by atoms with Crippen LogP contribution in [0.2, 0.25) is 0 Å². The molecule has 0 unspecified atom stereocenters. The second-order valence-electron chi connectivity index (χ2n) is 9.23. The van der Waals surface area contributed by atoms with Crippen LogP contribution >= 0.6 is 0 Å². The number of aromatic nitrogens is 2. The lowest BCUT2D eigenvalue weighted by Gasteiger charge is -2.12. The number of hydrogen-bond acceptors (Lipinski definition) is 5. The number of amides is 2. The molecule has 1 aliphatic rings. The van der Waals surface area contributed by atoms with Crippen molar-refractivity contribution in [2.24, 2.45) is 5.92 Å². The summed E-state index contributed by atoms with van der Waals surface area (Å²) in [5, 5.41) is 21.0. The molecule has 3 N–H and O–H groups in total. The van der Waals surface area contributed by atoms with Crippen molar-refractivity contribution in [3.63, 3.8) is 0 Å². The summed E-state index contributed by atoms with van der Waals surface area (Å²) < 4.78 is 6.62. The summed E-state index contributed by atoms with van der Waals surface area (Å²) in [4.78, 5) is 25.1. The molecule has 2 aromatic carbocycles. The van der Waals surface area contributed by atoms with E-state index in [-0.39, 0.29) is 29.5 Å². The fraction of sp³-hybridized carbons (Fsp3) is 0.370. The van der Waals surface area contributed by atoms with Gasteiger partial charge in [-0.15, -0.1) is 0 Å². The van der Waals surface area contributed by atoms with Gasteiger partial charge in [0.1, 0.15) is 11.5 Å². The highest BCUT2D eigenvalue weighted by Gasteiger charge is 2.26. The van der Waals surface area contributed by atoms with E-state index in [2.05, 4.69) is 15.7 Å². The molecule has 1 heterocycles. The van der Waals surface area contributed by atoms with Gasteiger partial charge in [-0.1, -0.05) is 38.8 Å². The molecule has 0 saturated heterocycles. The highest BCUT2D eigenvalue weighted by Crippen LogP contribution is 2.38. The first-order valence-electron chi connectivity index (χ1n) is 12.0. The van der Waals surface area contributed by atoms with Crippen molar-refractivity contribution in [3.05, 3.63) is 59.8 Å². The Morgan fingerprint density at radius 3 is 2.46 bits per heavy atom. The molecule has 0 bridgehead atoms. The van der Waals surface area contributed by atoms with Crippen LogP contribution in [-0.2, 0) is 11.3 Å². The normalized spacial score (nSPS) is 13.7. The molecule has 35 heavy (non-hydrogen) atoms. The largest absolute Gasteiger partial charge is 0.507 e. The van der Waals surface area contributed by atoms with Gasteiger partial charge in [0, 0.05) is 35.7 Å². The van der Waals surface area contributed by atoms with Gasteiger partial charge in [-0.05, 0) is 48.7 Å². The van der Waals surface area contributed by atoms with Crippen LogP contribution in [0.25, 0.3) is 11.3 Å². The van der Waals surface area contributed by atoms with Gasteiger partial charge in [-0.3, -0.25) is 4.79 Å². The van der Waals surface area contributed by atoms with E-state index in [1.54, 1.807) is 33.1 Å². The van der Waals surface area contributed by atoms with E-state index in [1.807, 2.05) is 30.3 Å². The molecule has 3 aromatic rings. The lowest BCUT2D eigenvalue weighted by Crippen LogP contribution is -2.30. The van der Waals surface area contributed by atoms with Gasteiger partial charge in [-0.25, -0.2) is 4.79 Å². The molecule has 0 atom stereocenters. The van der Waals surface area contributed by atoms with Crippen LogP contribution in [0.4, 0.5) is 10.5 Å². The Hall–Kier alpha value is -3.81. The molecule has 1 saturated carbocycles. The number of hydrogen-bond donors (Lipinski definition) is 3. The Bertz CT molecular complexity index is 1190. The SMILES string of the molecule is COc1ccc(CNC(=O)n2nc(-c3ccc(NC(=O)C(C)C)cc3O)cc2C2CCCC2)cc1. The lowest BCUT2D eigenvalue weighted by atomic mass is 10.0. The van der Waals surface area contributed by atoms with E-state index in [9.17, 15) is 14.7 Å². The fourth-order valence-electron chi connectivity index (χ4n) is 4.31. The third-order valence-electron chi connectivity index (χ3n) is 6.37. The maximum absolute atomic E-state index is 13.1. The minimum atomic E-state index is -0.311. The maximum Gasteiger partial charge on any atom is 0.342 e. The smallest absolute Gasteiger partial charge is 0.342 e. The molecule has 0 spiro atoms. The van der Waals surface area contributed by atoms with E-state index in [0.717, 1.165) is 42.7 Å². The number of nitrogens with one attached hydrogen (secondary N) is 2. The lowest BCUT2D eigenvalue weighted by molar-refractivity contribution is -0.118. The third-order valence-corrected chi connectivity index (χ3v) is 6.37. The average Bonchev–Trinajstić information content (AvgIpc) is 3.53. The maximum atomic E-state index is 13.1. The van der Waals surface area contributed by atoms with Crippen molar-refractivity contribution in [1.29, 1.82) is 0 Å². The quantitative estimate of drug-likeness (QED) is 0.431. The summed E-state index contributed by atoms with van der Waals surface area (Å²) in [5.41, 5.74) is 3.34. The number of phenols is 1. The number of ether oxygens (including phenoxy) is 1. The minimum absolute atomic E-state index is 0.00665. The Kier molecular flexibility index (Phi) is 7.39. The number of aromatic hydroxyl groups is 1. The number of rotatable bonds is 7. The first-order chi connectivity index (χ1) is 16.9. The molecule has 1 aliphatic carbocycles. The van der Waals surface area contributed by atoms with Gasteiger partial charge >= 0.3 is 6.03 Å². The zero-order valence-corrected chi connectivity index (χ0v) is 20.4. The minimum Gasteiger partial charge on any atom is -0.507 e. The number of nitrogens with zero attached hydrogens (tertiary/aromatic N) is 2. The van der Waals surface area contributed by atoms with Gasteiger partial charge in [0.05, 0.1) is 18.5 Å². The van der Waals surface area contributed by atoms with Gasteiger partial charge in [0.25, 0.3) is 0 Å². The summed E-state index contributed by atoms with van der Waals surface area (Å²) in [6, 6.07) is 14.1. The third kappa shape index (κ3) is 5.65. The summed E-state index contributed by atoms with van der Waals surface area (Å²) in [5.74, 6) is 0.703. The summed E-state index contributed by atoms with van der Waals surface area (Å²) in [6.07, 6.45) is 4.24. The van der Waals surface area contributed by atoms with Crippen molar-refractivity contribution >= 4 is 17.6 Å². The van der Waals surface area contributed by atoms with Crippen molar-refractivity contribution < 1.29 is 19.4 Å². The highest BCUT2D eigenvalue weighted by atomic mass is 16.5. The second-order valence-corrected chi connectivity index (χ2v) is 9.23. The van der Waals surface area contributed by atoms with Crippen molar-refractivity contribution in [3.8, 4) is 22.8 Å². The van der Waals surface area contributed by atoms with Gasteiger partial charge in [0.15, 0.2) is 0 Å². The van der Waals surface area contributed by atoms with Crippen LogP contribution in [0.15, 0.2) is 48.5 Å². The molecule has 0 aliphatic heterocycles. The average molecular weight is 477 g/mol. The van der Waals surface area contributed by atoms with Crippen molar-refractivity contribution in [1.82, 2.24) is 15.1 Å². The molecule has 8 nitrogen and oxygen atoms in total. The molecule has 1 aromatic heterocycles. The first-order valence-corrected chi connectivity index (χ1v) is 12.0. The standard InChI is InChI=1S/C27H32N4O4/c1-17(2)26(33)29-20-10-13-22(25(32)14-20)23-15-24(19-6-4-5-7-19)31(30-23)27(34)28-16-18-8-11-21(35-3)12-9-18/h8-15,17,19,32H,4-7,16H2,1-3H3,(H,28,34)(H,29,33). The number of phenolic OH excluding ortho intramolecular Hbond substituents is 1. The molecule has 1 fully saturated rings. The predicted molar refractivity (Wildman–Crippen MR) is 135 cm³/mol. The fourth-order valence-corrected chi connectivity index (χ4v) is 4.31. The molecule has 8 heteroatoms. The first kappa shape index (κ1) is 24.3.